The average molecular weight is 263 g/mol. The number of rotatable bonds is 6. The number of hydrogen-bond donors (Lipinski definition) is 1. The van der Waals surface area contributed by atoms with Crippen molar-refractivity contribution in [3.05, 3.63) is 28.8 Å². The Hall–Kier alpha value is -1.06. The van der Waals surface area contributed by atoms with Crippen molar-refractivity contribution < 1.29 is 9.84 Å². The van der Waals surface area contributed by atoms with E-state index < -0.39 is 0 Å². The molecule has 0 saturated heterocycles. The summed E-state index contributed by atoms with van der Waals surface area (Å²) < 4.78 is 5.40. The fourth-order valence-corrected chi connectivity index (χ4v) is 2.94. The second-order valence-electron chi connectivity index (χ2n) is 6.09. The van der Waals surface area contributed by atoms with Crippen LogP contribution in [0.1, 0.15) is 29.5 Å². The average Bonchev–Trinajstić information content (AvgIpc) is 3.09. The van der Waals surface area contributed by atoms with E-state index >= 15 is 0 Å². The molecule has 3 nitrogen and oxygen atoms in total. The van der Waals surface area contributed by atoms with Gasteiger partial charge in [-0.05, 0) is 50.4 Å². The molecule has 0 aromatic heterocycles. The lowest BCUT2D eigenvalue weighted by atomic mass is 10.0. The molecule has 3 heteroatoms. The van der Waals surface area contributed by atoms with Gasteiger partial charge in [-0.25, -0.2) is 0 Å². The van der Waals surface area contributed by atoms with Gasteiger partial charge < -0.3 is 14.7 Å². The normalized spacial score (nSPS) is 16.7. The number of nitrogens with zero attached hydrogens (tertiary/aromatic N) is 1. The van der Waals surface area contributed by atoms with Crippen molar-refractivity contribution in [1.82, 2.24) is 4.90 Å². The highest BCUT2D eigenvalue weighted by atomic mass is 16.5. The highest BCUT2D eigenvalue weighted by molar-refractivity contribution is 5.43. The third-order valence-electron chi connectivity index (χ3n) is 4.07. The summed E-state index contributed by atoms with van der Waals surface area (Å²) in [7, 11) is 3.85. The van der Waals surface area contributed by atoms with E-state index in [1.807, 2.05) is 0 Å². The zero-order chi connectivity index (χ0) is 14.0. The van der Waals surface area contributed by atoms with Crippen molar-refractivity contribution in [2.24, 2.45) is 5.41 Å². The third-order valence-corrected chi connectivity index (χ3v) is 4.07. The molecule has 0 heterocycles. The second kappa shape index (κ2) is 5.51. The molecule has 0 bridgehead atoms. The van der Waals surface area contributed by atoms with Gasteiger partial charge in [0.2, 0.25) is 0 Å². The zero-order valence-corrected chi connectivity index (χ0v) is 12.5. The quantitative estimate of drug-likeness (QED) is 0.856. The number of aliphatic hydroxyl groups excluding tert-OH is 1. The molecule has 2 rings (SSSR count). The Kier molecular flexibility index (Phi) is 4.16. The van der Waals surface area contributed by atoms with Gasteiger partial charge in [-0.15, -0.1) is 0 Å². The van der Waals surface area contributed by atoms with Crippen molar-refractivity contribution in [2.45, 2.75) is 33.2 Å². The molecule has 0 aliphatic heterocycles. The topological polar surface area (TPSA) is 32.7 Å². The smallest absolute Gasteiger partial charge is 0.124 e. The molecule has 106 valence electrons. The van der Waals surface area contributed by atoms with Crippen LogP contribution in [0, 0.1) is 19.3 Å². The second-order valence-corrected chi connectivity index (χ2v) is 6.09. The number of ether oxygens (including phenoxy) is 1. The Morgan fingerprint density at radius 2 is 1.84 bits per heavy atom. The summed E-state index contributed by atoms with van der Waals surface area (Å²) in [6.45, 7) is 6.40. The fraction of sp³-hybridized carbons (Fsp3) is 0.625. The molecule has 0 atom stereocenters. The molecule has 19 heavy (non-hydrogen) atoms. The van der Waals surface area contributed by atoms with Gasteiger partial charge in [0.1, 0.15) is 5.75 Å². The highest BCUT2D eigenvalue weighted by Crippen LogP contribution is 2.45. The summed E-state index contributed by atoms with van der Waals surface area (Å²) in [5, 5.41) is 9.38. The standard InChI is InChI=1S/C16H25NO2/c1-12-7-14(8-13(2)15(12)19-4)9-17(3)10-16(11-18)5-6-16/h7-8,18H,5-6,9-11H2,1-4H3. The van der Waals surface area contributed by atoms with Gasteiger partial charge in [-0.2, -0.15) is 0 Å². The van der Waals surface area contributed by atoms with Crippen LogP contribution in [0.4, 0.5) is 0 Å². The Labute approximate surface area is 116 Å². The minimum absolute atomic E-state index is 0.186. The van der Waals surface area contributed by atoms with Gasteiger partial charge in [0.05, 0.1) is 7.11 Å². The highest BCUT2D eigenvalue weighted by Gasteiger charge is 2.42. The first-order chi connectivity index (χ1) is 8.99. The van der Waals surface area contributed by atoms with E-state index in [1.54, 1.807) is 7.11 Å². The van der Waals surface area contributed by atoms with Gasteiger partial charge in [0.15, 0.2) is 0 Å². The molecule has 1 aromatic rings. The van der Waals surface area contributed by atoms with Crippen molar-refractivity contribution in [1.29, 1.82) is 0 Å². The Morgan fingerprint density at radius 3 is 2.26 bits per heavy atom. The van der Waals surface area contributed by atoms with Gasteiger partial charge in [-0.1, -0.05) is 12.1 Å². The van der Waals surface area contributed by atoms with Crippen LogP contribution in [0.15, 0.2) is 12.1 Å². The summed E-state index contributed by atoms with van der Waals surface area (Å²) >= 11 is 0. The predicted octanol–water partition coefficient (Wildman–Crippen LogP) is 2.52. The largest absolute Gasteiger partial charge is 0.496 e. The number of hydrogen-bond acceptors (Lipinski definition) is 3. The van der Waals surface area contributed by atoms with Crippen LogP contribution in [0.5, 0.6) is 5.75 Å². The SMILES string of the molecule is COc1c(C)cc(CN(C)CC2(CO)CC2)cc1C. The summed E-state index contributed by atoms with van der Waals surface area (Å²) in [5.41, 5.74) is 3.88. The monoisotopic (exact) mass is 263 g/mol. The van der Waals surface area contributed by atoms with Crippen molar-refractivity contribution in [3.8, 4) is 5.75 Å². The van der Waals surface area contributed by atoms with Gasteiger partial charge >= 0.3 is 0 Å². The van der Waals surface area contributed by atoms with Crippen LogP contribution >= 0.6 is 0 Å². The van der Waals surface area contributed by atoms with Crippen LogP contribution in [0.3, 0.4) is 0 Å². The molecular formula is C16H25NO2. The maximum absolute atomic E-state index is 9.38. The molecule has 1 saturated carbocycles. The Morgan fingerprint density at radius 1 is 1.26 bits per heavy atom. The summed E-state index contributed by atoms with van der Waals surface area (Å²) in [6, 6.07) is 4.39. The molecule has 0 spiro atoms. The minimum atomic E-state index is 0.186. The number of benzene rings is 1. The van der Waals surface area contributed by atoms with Crippen LogP contribution in [0.25, 0.3) is 0 Å². The lowest BCUT2D eigenvalue weighted by molar-refractivity contribution is 0.161. The molecule has 0 unspecified atom stereocenters. The molecule has 1 fully saturated rings. The van der Waals surface area contributed by atoms with E-state index in [4.69, 9.17) is 4.74 Å². The van der Waals surface area contributed by atoms with Crippen LogP contribution in [0.2, 0.25) is 0 Å². The maximum Gasteiger partial charge on any atom is 0.124 e. The number of aliphatic hydroxyl groups is 1. The Balaban J connectivity index is 2.03. The van der Waals surface area contributed by atoms with E-state index in [2.05, 4.69) is 37.9 Å². The van der Waals surface area contributed by atoms with Crippen LogP contribution < -0.4 is 4.74 Å². The lowest BCUT2D eigenvalue weighted by Gasteiger charge is -2.23. The molecular weight excluding hydrogens is 238 g/mol. The van der Waals surface area contributed by atoms with Gasteiger partial charge in [0.25, 0.3) is 0 Å². The van der Waals surface area contributed by atoms with Crippen LogP contribution in [-0.4, -0.2) is 37.3 Å². The van der Waals surface area contributed by atoms with Crippen molar-refractivity contribution in [3.63, 3.8) is 0 Å². The molecule has 1 N–H and O–H groups in total. The van der Waals surface area contributed by atoms with E-state index in [0.29, 0.717) is 6.61 Å². The van der Waals surface area contributed by atoms with Crippen LogP contribution in [-0.2, 0) is 6.54 Å². The van der Waals surface area contributed by atoms with Crippen molar-refractivity contribution in [2.75, 3.05) is 27.3 Å². The molecule has 0 radical (unpaired) electrons. The first-order valence-electron chi connectivity index (χ1n) is 6.93. The fourth-order valence-electron chi connectivity index (χ4n) is 2.94. The summed E-state index contributed by atoms with van der Waals surface area (Å²) in [6.07, 6.45) is 2.32. The summed E-state index contributed by atoms with van der Waals surface area (Å²) in [5.74, 6) is 0.987. The minimum Gasteiger partial charge on any atom is -0.496 e. The van der Waals surface area contributed by atoms with Crippen molar-refractivity contribution >= 4 is 0 Å². The number of aryl methyl sites for hydroxylation is 2. The molecule has 1 aromatic carbocycles. The zero-order valence-electron chi connectivity index (χ0n) is 12.5. The molecule has 1 aliphatic carbocycles. The third kappa shape index (κ3) is 3.28. The van der Waals surface area contributed by atoms with Gasteiger partial charge in [-0.3, -0.25) is 0 Å². The Bertz CT molecular complexity index is 429. The van der Waals surface area contributed by atoms with Gasteiger partial charge in [0, 0.05) is 25.1 Å². The van der Waals surface area contributed by atoms with E-state index in [1.165, 1.54) is 16.7 Å². The van der Waals surface area contributed by atoms with E-state index in [9.17, 15) is 5.11 Å². The van der Waals surface area contributed by atoms with E-state index in [-0.39, 0.29) is 5.41 Å². The maximum atomic E-state index is 9.38. The summed E-state index contributed by atoms with van der Waals surface area (Å²) in [4.78, 5) is 2.31. The molecule has 0 amide bonds. The predicted molar refractivity (Wildman–Crippen MR) is 77.6 cm³/mol. The first-order valence-corrected chi connectivity index (χ1v) is 6.93. The molecule has 1 aliphatic rings. The van der Waals surface area contributed by atoms with E-state index in [0.717, 1.165) is 31.7 Å². The number of methoxy groups -OCH3 is 1. The first kappa shape index (κ1) is 14.4. The lowest BCUT2D eigenvalue weighted by Crippen LogP contribution is -2.28.